The Morgan fingerprint density at radius 3 is 2.77 bits per heavy atom. The van der Waals surface area contributed by atoms with E-state index in [4.69, 9.17) is 10.00 Å². The number of aromatic nitrogens is 1. The van der Waals surface area contributed by atoms with Gasteiger partial charge in [0.15, 0.2) is 0 Å². The molecular formula is C16H21N3O3. The molecule has 1 aromatic rings. The van der Waals surface area contributed by atoms with E-state index < -0.39 is 17.8 Å². The fourth-order valence-corrected chi connectivity index (χ4v) is 2.43. The minimum absolute atomic E-state index is 0.341. The number of amides is 1. The maximum absolute atomic E-state index is 12.4. The fourth-order valence-electron chi connectivity index (χ4n) is 2.43. The summed E-state index contributed by atoms with van der Waals surface area (Å²) < 4.78 is 5.43. The number of piperidine rings is 1. The monoisotopic (exact) mass is 303 g/mol. The Morgan fingerprint density at radius 1 is 1.50 bits per heavy atom. The Bertz CT molecular complexity index is 572. The summed E-state index contributed by atoms with van der Waals surface area (Å²) >= 11 is 0. The molecule has 2 heterocycles. The molecule has 2 atom stereocenters. The normalized spacial score (nSPS) is 22.0. The highest BCUT2D eigenvalue weighted by molar-refractivity contribution is 5.69. The first-order valence-corrected chi connectivity index (χ1v) is 7.34. The summed E-state index contributed by atoms with van der Waals surface area (Å²) in [4.78, 5) is 18.2. The molecular weight excluding hydrogens is 282 g/mol. The van der Waals surface area contributed by atoms with E-state index >= 15 is 0 Å². The number of rotatable bonds is 1. The molecule has 1 aromatic heterocycles. The SMILES string of the molecule is CC(C)(C)OC(=O)N1CCC(O)CC1c1ccc(C#N)cn1. The van der Waals surface area contributed by atoms with Crippen molar-refractivity contribution >= 4 is 6.09 Å². The van der Waals surface area contributed by atoms with Gasteiger partial charge in [-0.1, -0.05) is 0 Å². The van der Waals surface area contributed by atoms with Crippen LogP contribution >= 0.6 is 0 Å². The topological polar surface area (TPSA) is 86.5 Å². The van der Waals surface area contributed by atoms with E-state index in [0.29, 0.717) is 30.6 Å². The molecule has 22 heavy (non-hydrogen) atoms. The second-order valence-corrected chi connectivity index (χ2v) is 6.45. The molecule has 2 unspecified atom stereocenters. The van der Waals surface area contributed by atoms with Crippen LogP contribution in [-0.2, 0) is 4.74 Å². The largest absolute Gasteiger partial charge is 0.444 e. The lowest BCUT2D eigenvalue weighted by molar-refractivity contribution is -0.00916. The molecule has 2 rings (SSSR count). The lowest BCUT2D eigenvalue weighted by atomic mass is 9.96. The second-order valence-electron chi connectivity index (χ2n) is 6.45. The van der Waals surface area contributed by atoms with E-state index in [1.807, 2.05) is 26.8 Å². The summed E-state index contributed by atoms with van der Waals surface area (Å²) in [6.45, 7) is 5.87. The summed E-state index contributed by atoms with van der Waals surface area (Å²) in [6, 6.07) is 5.06. The molecule has 1 fully saturated rings. The highest BCUT2D eigenvalue weighted by Gasteiger charge is 2.35. The molecule has 1 aliphatic rings. The van der Waals surface area contributed by atoms with Gasteiger partial charge in [-0.2, -0.15) is 5.26 Å². The molecule has 1 amide bonds. The number of aliphatic hydroxyl groups excluding tert-OH is 1. The van der Waals surface area contributed by atoms with Gasteiger partial charge in [-0.25, -0.2) is 4.79 Å². The zero-order chi connectivity index (χ0) is 16.3. The first-order valence-electron chi connectivity index (χ1n) is 7.34. The third kappa shape index (κ3) is 3.95. The van der Waals surface area contributed by atoms with Gasteiger partial charge in [-0.05, 0) is 45.7 Å². The molecule has 0 aliphatic carbocycles. The van der Waals surface area contributed by atoms with Gasteiger partial charge in [0.05, 0.1) is 23.4 Å². The number of aliphatic hydroxyl groups is 1. The van der Waals surface area contributed by atoms with Crippen LogP contribution in [0.4, 0.5) is 4.79 Å². The molecule has 0 aromatic carbocycles. The first-order chi connectivity index (χ1) is 10.3. The van der Waals surface area contributed by atoms with Crippen molar-refractivity contribution in [3.05, 3.63) is 29.6 Å². The van der Waals surface area contributed by atoms with Crippen molar-refractivity contribution in [2.75, 3.05) is 6.54 Å². The minimum Gasteiger partial charge on any atom is -0.444 e. The lowest BCUT2D eigenvalue weighted by Gasteiger charge is -2.38. The summed E-state index contributed by atoms with van der Waals surface area (Å²) in [5.41, 5.74) is 0.544. The Kier molecular flexibility index (Phi) is 4.67. The van der Waals surface area contributed by atoms with Crippen LogP contribution in [0, 0.1) is 11.3 Å². The summed E-state index contributed by atoms with van der Waals surface area (Å²) in [5, 5.41) is 18.7. The van der Waals surface area contributed by atoms with Crippen molar-refractivity contribution in [1.82, 2.24) is 9.88 Å². The smallest absolute Gasteiger partial charge is 0.410 e. The zero-order valence-corrected chi connectivity index (χ0v) is 13.1. The molecule has 0 saturated carbocycles. The van der Waals surface area contributed by atoms with Crippen LogP contribution in [0.25, 0.3) is 0 Å². The van der Waals surface area contributed by atoms with Gasteiger partial charge in [0.25, 0.3) is 0 Å². The summed E-state index contributed by atoms with van der Waals surface area (Å²) in [5.74, 6) is 0. The van der Waals surface area contributed by atoms with E-state index in [1.165, 1.54) is 6.20 Å². The van der Waals surface area contributed by atoms with Gasteiger partial charge in [0.1, 0.15) is 11.7 Å². The molecule has 1 N–H and O–H groups in total. The third-order valence-corrected chi connectivity index (χ3v) is 3.46. The number of nitrogens with zero attached hydrogens (tertiary/aromatic N) is 3. The quantitative estimate of drug-likeness (QED) is 0.860. The van der Waals surface area contributed by atoms with Crippen molar-refractivity contribution in [2.45, 2.75) is 51.4 Å². The van der Waals surface area contributed by atoms with Gasteiger partial charge in [0.2, 0.25) is 0 Å². The minimum atomic E-state index is -0.574. The number of hydrogen-bond donors (Lipinski definition) is 1. The van der Waals surface area contributed by atoms with Crippen LogP contribution in [0.3, 0.4) is 0 Å². The Morgan fingerprint density at radius 2 is 2.23 bits per heavy atom. The van der Waals surface area contributed by atoms with Crippen LogP contribution in [0.5, 0.6) is 0 Å². The number of nitriles is 1. The number of hydrogen-bond acceptors (Lipinski definition) is 5. The molecule has 0 bridgehead atoms. The van der Waals surface area contributed by atoms with Crippen LogP contribution in [0.1, 0.15) is 50.9 Å². The standard InChI is InChI=1S/C16H21N3O3/c1-16(2,3)22-15(21)19-7-6-12(20)8-14(19)13-5-4-11(9-17)10-18-13/h4-5,10,12,14,20H,6-8H2,1-3H3. The van der Waals surface area contributed by atoms with E-state index in [1.54, 1.807) is 17.0 Å². The van der Waals surface area contributed by atoms with Crippen molar-refractivity contribution in [3.63, 3.8) is 0 Å². The van der Waals surface area contributed by atoms with E-state index in [2.05, 4.69) is 4.98 Å². The van der Waals surface area contributed by atoms with Gasteiger partial charge in [-0.3, -0.25) is 9.88 Å². The predicted octanol–water partition coefficient (Wildman–Crippen LogP) is 2.39. The van der Waals surface area contributed by atoms with E-state index in [9.17, 15) is 9.90 Å². The van der Waals surface area contributed by atoms with E-state index in [0.717, 1.165) is 0 Å². The van der Waals surface area contributed by atoms with Gasteiger partial charge < -0.3 is 9.84 Å². The highest BCUT2D eigenvalue weighted by atomic mass is 16.6. The van der Waals surface area contributed by atoms with Crippen LogP contribution < -0.4 is 0 Å². The number of likely N-dealkylation sites (tertiary alicyclic amines) is 1. The summed E-state index contributed by atoms with van der Waals surface area (Å²) in [7, 11) is 0. The van der Waals surface area contributed by atoms with Gasteiger partial charge in [-0.15, -0.1) is 0 Å². The maximum atomic E-state index is 12.4. The molecule has 1 saturated heterocycles. The van der Waals surface area contributed by atoms with Crippen molar-refractivity contribution in [2.24, 2.45) is 0 Å². The predicted molar refractivity (Wildman–Crippen MR) is 79.9 cm³/mol. The Balaban J connectivity index is 2.23. The molecule has 0 radical (unpaired) electrons. The number of pyridine rings is 1. The second kappa shape index (κ2) is 6.32. The molecule has 6 nitrogen and oxygen atoms in total. The molecule has 6 heteroatoms. The third-order valence-electron chi connectivity index (χ3n) is 3.46. The Labute approximate surface area is 130 Å². The number of carbonyl (C=O) groups is 1. The molecule has 118 valence electrons. The van der Waals surface area contributed by atoms with Crippen molar-refractivity contribution < 1.29 is 14.6 Å². The van der Waals surface area contributed by atoms with E-state index in [-0.39, 0.29) is 6.04 Å². The highest BCUT2D eigenvalue weighted by Crippen LogP contribution is 2.31. The van der Waals surface area contributed by atoms with Crippen molar-refractivity contribution in [3.8, 4) is 6.07 Å². The van der Waals surface area contributed by atoms with Crippen LogP contribution in [0.15, 0.2) is 18.3 Å². The van der Waals surface area contributed by atoms with Crippen LogP contribution in [-0.4, -0.2) is 39.3 Å². The number of carbonyl (C=O) groups excluding carboxylic acids is 1. The van der Waals surface area contributed by atoms with Crippen LogP contribution in [0.2, 0.25) is 0 Å². The van der Waals surface area contributed by atoms with Crippen molar-refractivity contribution in [1.29, 1.82) is 5.26 Å². The average molecular weight is 303 g/mol. The molecule has 0 spiro atoms. The zero-order valence-electron chi connectivity index (χ0n) is 13.1. The lowest BCUT2D eigenvalue weighted by Crippen LogP contribution is -2.45. The number of ether oxygens (including phenoxy) is 1. The first kappa shape index (κ1) is 16.2. The molecule has 1 aliphatic heterocycles. The van der Waals surface area contributed by atoms with Gasteiger partial charge >= 0.3 is 6.09 Å². The maximum Gasteiger partial charge on any atom is 0.410 e. The average Bonchev–Trinajstić information content (AvgIpc) is 2.45. The summed E-state index contributed by atoms with van der Waals surface area (Å²) in [6.07, 6.45) is 1.53. The van der Waals surface area contributed by atoms with Gasteiger partial charge in [0, 0.05) is 12.7 Å². The Hall–Kier alpha value is -2.13. The fraction of sp³-hybridized carbons (Fsp3) is 0.562.